The Morgan fingerprint density at radius 1 is 1.41 bits per heavy atom. The summed E-state index contributed by atoms with van der Waals surface area (Å²) in [6.07, 6.45) is 1.57. The average Bonchev–Trinajstić information content (AvgIpc) is 2.30. The van der Waals surface area contributed by atoms with E-state index in [4.69, 9.17) is 10.5 Å². The van der Waals surface area contributed by atoms with Gasteiger partial charge in [-0.1, -0.05) is 12.1 Å². The lowest BCUT2D eigenvalue weighted by Gasteiger charge is -2.23. The number of hydrogen-bond acceptors (Lipinski definition) is 3. The molecule has 96 valence electrons. The van der Waals surface area contributed by atoms with Crippen LogP contribution >= 0.6 is 0 Å². The highest BCUT2D eigenvalue weighted by molar-refractivity contribution is 5.54. The number of hydrogen-bond donors (Lipinski definition) is 1. The van der Waals surface area contributed by atoms with Crippen molar-refractivity contribution in [2.24, 2.45) is 5.73 Å². The van der Waals surface area contributed by atoms with Crippen LogP contribution in [0.15, 0.2) is 18.2 Å². The first-order valence-electron chi connectivity index (χ1n) is 5.88. The number of para-hydroxylation sites is 1. The minimum Gasteiger partial charge on any atom is -0.385 e. The molecular weight excluding hydrogens is 219 g/mol. The van der Waals surface area contributed by atoms with E-state index in [1.54, 1.807) is 13.2 Å². The molecule has 0 aliphatic rings. The number of nitrogens with zero attached hydrogens (tertiary/aromatic N) is 1. The van der Waals surface area contributed by atoms with Gasteiger partial charge in [-0.05, 0) is 31.0 Å². The number of anilines is 1. The van der Waals surface area contributed by atoms with Gasteiger partial charge in [0, 0.05) is 27.3 Å². The van der Waals surface area contributed by atoms with Crippen LogP contribution in [0.4, 0.5) is 10.1 Å². The highest BCUT2D eigenvalue weighted by atomic mass is 19.1. The lowest BCUT2D eigenvalue weighted by molar-refractivity contribution is 0.196. The van der Waals surface area contributed by atoms with Crippen molar-refractivity contribution >= 4 is 5.69 Å². The molecule has 3 nitrogen and oxygen atoms in total. The summed E-state index contributed by atoms with van der Waals surface area (Å²) in [5.41, 5.74) is 7.17. The van der Waals surface area contributed by atoms with Crippen LogP contribution in [0, 0.1) is 5.82 Å². The fraction of sp³-hybridized carbons (Fsp3) is 0.538. The van der Waals surface area contributed by atoms with Gasteiger partial charge in [-0.15, -0.1) is 0 Å². The molecule has 0 saturated heterocycles. The molecule has 0 amide bonds. The highest BCUT2D eigenvalue weighted by Gasteiger charge is 2.11. The molecule has 0 bridgehead atoms. The zero-order valence-electron chi connectivity index (χ0n) is 10.6. The second-order valence-corrected chi connectivity index (χ2v) is 4.05. The van der Waals surface area contributed by atoms with Crippen molar-refractivity contribution in [2.75, 3.05) is 38.8 Å². The average molecular weight is 240 g/mol. The van der Waals surface area contributed by atoms with E-state index in [-0.39, 0.29) is 5.82 Å². The van der Waals surface area contributed by atoms with Gasteiger partial charge in [0.1, 0.15) is 5.82 Å². The maximum Gasteiger partial charge on any atom is 0.146 e. The monoisotopic (exact) mass is 240 g/mol. The predicted molar refractivity (Wildman–Crippen MR) is 68.9 cm³/mol. The minimum atomic E-state index is -0.184. The molecule has 0 unspecified atom stereocenters. The van der Waals surface area contributed by atoms with Gasteiger partial charge in [-0.3, -0.25) is 0 Å². The Kier molecular flexibility index (Phi) is 5.94. The van der Waals surface area contributed by atoms with Crippen LogP contribution in [-0.2, 0) is 11.2 Å². The first-order chi connectivity index (χ1) is 8.20. The van der Waals surface area contributed by atoms with Crippen LogP contribution in [0.2, 0.25) is 0 Å². The van der Waals surface area contributed by atoms with Crippen LogP contribution < -0.4 is 10.6 Å². The second-order valence-electron chi connectivity index (χ2n) is 4.05. The molecule has 1 rings (SSSR count). The number of ether oxygens (including phenoxy) is 1. The van der Waals surface area contributed by atoms with Crippen LogP contribution in [-0.4, -0.2) is 33.9 Å². The Morgan fingerprint density at radius 3 is 2.82 bits per heavy atom. The fourth-order valence-corrected chi connectivity index (χ4v) is 1.90. The van der Waals surface area contributed by atoms with Crippen molar-refractivity contribution in [1.82, 2.24) is 0 Å². The first-order valence-corrected chi connectivity index (χ1v) is 5.88. The molecule has 1 aromatic rings. The summed E-state index contributed by atoms with van der Waals surface area (Å²) in [6.45, 7) is 1.99. The number of halogens is 1. The summed E-state index contributed by atoms with van der Waals surface area (Å²) >= 11 is 0. The third-order valence-corrected chi connectivity index (χ3v) is 2.71. The van der Waals surface area contributed by atoms with Gasteiger partial charge in [0.2, 0.25) is 0 Å². The second kappa shape index (κ2) is 7.25. The third kappa shape index (κ3) is 3.98. The van der Waals surface area contributed by atoms with E-state index in [0.29, 0.717) is 25.3 Å². The van der Waals surface area contributed by atoms with Crippen LogP contribution in [0.25, 0.3) is 0 Å². The molecule has 0 fully saturated rings. The lowest BCUT2D eigenvalue weighted by Crippen LogP contribution is -2.23. The molecule has 0 heterocycles. The van der Waals surface area contributed by atoms with E-state index in [1.807, 2.05) is 18.0 Å². The maximum absolute atomic E-state index is 13.8. The van der Waals surface area contributed by atoms with Gasteiger partial charge in [-0.2, -0.15) is 0 Å². The molecule has 0 aliphatic heterocycles. The lowest BCUT2D eigenvalue weighted by atomic mass is 10.1. The molecule has 0 spiro atoms. The number of benzene rings is 1. The van der Waals surface area contributed by atoms with Crippen molar-refractivity contribution in [3.05, 3.63) is 29.6 Å². The van der Waals surface area contributed by atoms with Crippen molar-refractivity contribution < 1.29 is 9.13 Å². The SMILES string of the molecule is COCCCN(C)c1c(F)cccc1CCN. The van der Waals surface area contributed by atoms with Crippen LogP contribution in [0.1, 0.15) is 12.0 Å². The van der Waals surface area contributed by atoms with Crippen molar-refractivity contribution in [2.45, 2.75) is 12.8 Å². The largest absolute Gasteiger partial charge is 0.385 e. The van der Waals surface area contributed by atoms with Gasteiger partial charge in [-0.25, -0.2) is 4.39 Å². The quantitative estimate of drug-likeness (QED) is 0.739. The maximum atomic E-state index is 13.8. The van der Waals surface area contributed by atoms with Gasteiger partial charge in [0.15, 0.2) is 0 Å². The summed E-state index contributed by atoms with van der Waals surface area (Å²) in [5.74, 6) is -0.184. The predicted octanol–water partition coefficient (Wildman–Crippen LogP) is 1.80. The van der Waals surface area contributed by atoms with Crippen LogP contribution in [0.5, 0.6) is 0 Å². The number of methoxy groups -OCH3 is 1. The Labute approximate surface area is 102 Å². The molecule has 0 saturated carbocycles. The van der Waals surface area contributed by atoms with E-state index in [0.717, 1.165) is 18.5 Å². The molecule has 0 aromatic heterocycles. The number of nitrogens with two attached hydrogens (primary N) is 1. The minimum absolute atomic E-state index is 0.184. The third-order valence-electron chi connectivity index (χ3n) is 2.71. The Hall–Kier alpha value is -1.13. The Balaban J connectivity index is 2.78. The van der Waals surface area contributed by atoms with Crippen molar-refractivity contribution in [1.29, 1.82) is 0 Å². The van der Waals surface area contributed by atoms with Gasteiger partial charge in [0.25, 0.3) is 0 Å². The summed E-state index contributed by atoms with van der Waals surface area (Å²) < 4.78 is 18.8. The zero-order chi connectivity index (χ0) is 12.7. The number of rotatable bonds is 7. The van der Waals surface area contributed by atoms with E-state index in [2.05, 4.69) is 0 Å². The van der Waals surface area contributed by atoms with E-state index in [9.17, 15) is 4.39 Å². The van der Waals surface area contributed by atoms with Gasteiger partial charge in [0.05, 0.1) is 5.69 Å². The van der Waals surface area contributed by atoms with Crippen molar-refractivity contribution in [3.8, 4) is 0 Å². The Bertz CT molecular complexity index is 344. The molecule has 0 aliphatic carbocycles. The molecule has 4 heteroatoms. The van der Waals surface area contributed by atoms with Gasteiger partial charge >= 0.3 is 0 Å². The highest BCUT2D eigenvalue weighted by Crippen LogP contribution is 2.23. The normalized spacial score (nSPS) is 10.6. The summed E-state index contributed by atoms with van der Waals surface area (Å²) in [5, 5.41) is 0. The molecule has 2 N–H and O–H groups in total. The Morgan fingerprint density at radius 2 is 2.18 bits per heavy atom. The van der Waals surface area contributed by atoms with E-state index in [1.165, 1.54) is 6.07 Å². The zero-order valence-corrected chi connectivity index (χ0v) is 10.6. The molecule has 1 aromatic carbocycles. The summed E-state index contributed by atoms with van der Waals surface area (Å²) in [6, 6.07) is 5.15. The molecule has 0 atom stereocenters. The fourth-order valence-electron chi connectivity index (χ4n) is 1.90. The molecule has 0 radical (unpaired) electrons. The van der Waals surface area contributed by atoms with E-state index >= 15 is 0 Å². The molecule has 17 heavy (non-hydrogen) atoms. The summed E-state index contributed by atoms with van der Waals surface area (Å²) in [7, 11) is 3.57. The topological polar surface area (TPSA) is 38.5 Å². The smallest absolute Gasteiger partial charge is 0.146 e. The standard InChI is InChI=1S/C13H21FN2O/c1-16(9-4-10-17-2)13-11(7-8-15)5-3-6-12(13)14/h3,5-6H,4,7-10,15H2,1-2H3. The summed E-state index contributed by atoms with van der Waals surface area (Å²) in [4.78, 5) is 1.93. The molecular formula is C13H21FN2O. The van der Waals surface area contributed by atoms with Crippen molar-refractivity contribution in [3.63, 3.8) is 0 Å². The van der Waals surface area contributed by atoms with Gasteiger partial charge < -0.3 is 15.4 Å². The van der Waals surface area contributed by atoms with E-state index < -0.39 is 0 Å². The first kappa shape index (κ1) is 13.9. The van der Waals surface area contributed by atoms with Crippen LogP contribution in [0.3, 0.4) is 0 Å².